The smallest absolute Gasteiger partial charge is 0.194 e. The molecule has 0 bridgehead atoms. The lowest BCUT2D eigenvalue weighted by molar-refractivity contribution is 0.103. The standard InChI is InChI=1S/C13H6Br2ClFO/c14-8-3-7(4-9(15)5-8)13(18)11-6-10(17)1-2-12(11)16/h1-6H. The fourth-order valence-corrected chi connectivity index (χ4v) is 3.01. The van der Waals surface area contributed by atoms with Gasteiger partial charge in [-0.05, 0) is 36.4 Å². The number of hydrogen-bond acceptors (Lipinski definition) is 1. The van der Waals surface area contributed by atoms with Crippen LogP contribution >= 0.6 is 43.5 Å². The molecule has 0 aliphatic heterocycles. The minimum atomic E-state index is -0.489. The summed E-state index contributed by atoms with van der Waals surface area (Å²) in [4.78, 5) is 12.2. The van der Waals surface area contributed by atoms with Gasteiger partial charge in [-0.15, -0.1) is 0 Å². The zero-order valence-electron chi connectivity index (χ0n) is 8.88. The molecule has 0 fully saturated rings. The number of hydrogen-bond donors (Lipinski definition) is 0. The molecule has 2 aromatic rings. The molecule has 0 N–H and O–H groups in total. The van der Waals surface area contributed by atoms with Crippen LogP contribution in [0.15, 0.2) is 45.3 Å². The maximum atomic E-state index is 13.2. The molecular formula is C13H6Br2ClFO. The van der Waals surface area contributed by atoms with E-state index in [2.05, 4.69) is 31.9 Å². The van der Waals surface area contributed by atoms with E-state index >= 15 is 0 Å². The second-order valence-corrected chi connectivity index (χ2v) is 5.85. The summed E-state index contributed by atoms with van der Waals surface area (Å²) in [5.41, 5.74) is 0.588. The molecule has 2 rings (SSSR count). The van der Waals surface area contributed by atoms with Crippen LogP contribution in [-0.2, 0) is 0 Å². The normalized spacial score (nSPS) is 10.4. The topological polar surface area (TPSA) is 17.1 Å². The van der Waals surface area contributed by atoms with Gasteiger partial charge in [0, 0.05) is 20.1 Å². The van der Waals surface area contributed by atoms with Gasteiger partial charge in [0.05, 0.1) is 5.02 Å². The van der Waals surface area contributed by atoms with Crippen LogP contribution in [0.1, 0.15) is 15.9 Å². The second kappa shape index (κ2) is 5.51. The molecule has 0 heterocycles. The summed E-state index contributed by atoms with van der Waals surface area (Å²) < 4.78 is 14.7. The quantitative estimate of drug-likeness (QED) is 0.639. The predicted molar refractivity (Wildman–Crippen MR) is 76.7 cm³/mol. The van der Waals surface area contributed by atoms with Crippen molar-refractivity contribution in [3.63, 3.8) is 0 Å². The van der Waals surface area contributed by atoms with E-state index in [-0.39, 0.29) is 16.4 Å². The molecule has 0 aliphatic carbocycles. The van der Waals surface area contributed by atoms with E-state index in [9.17, 15) is 9.18 Å². The largest absolute Gasteiger partial charge is 0.289 e. The van der Waals surface area contributed by atoms with Gasteiger partial charge < -0.3 is 0 Å². The molecule has 1 nitrogen and oxygen atoms in total. The molecule has 92 valence electrons. The van der Waals surface area contributed by atoms with Crippen LogP contribution in [0.3, 0.4) is 0 Å². The first-order chi connectivity index (χ1) is 8.47. The van der Waals surface area contributed by atoms with Crippen LogP contribution in [0.4, 0.5) is 4.39 Å². The molecule has 0 saturated heterocycles. The molecule has 0 aliphatic rings. The summed E-state index contributed by atoms with van der Waals surface area (Å²) in [5.74, 6) is -0.807. The third-order valence-electron chi connectivity index (χ3n) is 2.30. The van der Waals surface area contributed by atoms with Gasteiger partial charge in [0.15, 0.2) is 5.78 Å². The van der Waals surface area contributed by atoms with E-state index in [1.165, 1.54) is 12.1 Å². The lowest BCUT2D eigenvalue weighted by Gasteiger charge is -2.05. The molecule has 0 atom stereocenters. The van der Waals surface area contributed by atoms with Crippen molar-refractivity contribution in [1.29, 1.82) is 0 Å². The van der Waals surface area contributed by atoms with Crippen LogP contribution in [0, 0.1) is 5.82 Å². The van der Waals surface area contributed by atoms with Gasteiger partial charge in [-0.3, -0.25) is 4.79 Å². The minimum absolute atomic E-state index is 0.154. The van der Waals surface area contributed by atoms with E-state index in [4.69, 9.17) is 11.6 Å². The van der Waals surface area contributed by atoms with E-state index < -0.39 is 5.82 Å². The molecule has 0 radical (unpaired) electrons. The van der Waals surface area contributed by atoms with Gasteiger partial charge in [0.2, 0.25) is 0 Å². The van der Waals surface area contributed by atoms with Crippen molar-refractivity contribution in [2.24, 2.45) is 0 Å². The van der Waals surface area contributed by atoms with E-state index in [0.717, 1.165) is 15.0 Å². The first kappa shape index (κ1) is 13.7. The Bertz CT molecular complexity index is 608. The van der Waals surface area contributed by atoms with Crippen LogP contribution in [0.25, 0.3) is 0 Å². The highest BCUT2D eigenvalue weighted by atomic mass is 79.9. The van der Waals surface area contributed by atoms with Gasteiger partial charge in [-0.25, -0.2) is 4.39 Å². The Morgan fingerprint density at radius 3 is 2.28 bits per heavy atom. The highest BCUT2D eigenvalue weighted by Gasteiger charge is 2.14. The van der Waals surface area contributed by atoms with Gasteiger partial charge in [-0.2, -0.15) is 0 Å². The lowest BCUT2D eigenvalue weighted by Crippen LogP contribution is -2.03. The molecule has 18 heavy (non-hydrogen) atoms. The average molecular weight is 392 g/mol. The Labute approximate surface area is 125 Å². The Hall–Kier alpha value is -0.710. The van der Waals surface area contributed by atoms with Gasteiger partial charge in [0.25, 0.3) is 0 Å². The lowest BCUT2D eigenvalue weighted by atomic mass is 10.0. The molecule has 0 spiro atoms. The summed E-state index contributed by atoms with van der Waals surface area (Å²) in [5, 5.41) is 0.234. The Morgan fingerprint density at radius 1 is 1.06 bits per heavy atom. The highest BCUT2D eigenvalue weighted by Crippen LogP contribution is 2.25. The van der Waals surface area contributed by atoms with E-state index in [0.29, 0.717) is 5.56 Å². The van der Waals surface area contributed by atoms with Crippen molar-refractivity contribution in [2.45, 2.75) is 0 Å². The van der Waals surface area contributed by atoms with Gasteiger partial charge in [-0.1, -0.05) is 43.5 Å². The first-order valence-electron chi connectivity index (χ1n) is 4.93. The Balaban J connectivity index is 2.51. The summed E-state index contributed by atoms with van der Waals surface area (Å²) in [6.45, 7) is 0. The summed E-state index contributed by atoms with van der Waals surface area (Å²) in [6.07, 6.45) is 0. The van der Waals surface area contributed by atoms with Crippen molar-refractivity contribution < 1.29 is 9.18 Å². The number of carbonyl (C=O) groups excluding carboxylic acids is 1. The first-order valence-corrected chi connectivity index (χ1v) is 6.89. The van der Waals surface area contributed by atoms with Crippen LogP contribution in [0.5, 0.6) is 0 Å². The van der Waals surface area contributed by atoms with Crippen molar-refractivity contribution in [3.8, 4) is 0 Å². The molecule has 0 saturated carbocycles. The van der Waals surface area contributed by atoms with Crippen molar-refractivity contribution >= 4 is 49.2 Å². The fourth-order valence-electron chi connectivity index (χ4n) is 1.51. The molecule has 2 aromatic carbocycles. The Kier molecular flexibility index (Phi) is 4.20. The van der Waals surface area contributed by atoms with Crippen LogP contribution in [0.2, 0.25) is 5.02 Å². The molecule has 5 heteroatoms. The second-order valence-electron chi connectivity index (χ2n) is 3.61. The van der Waals surface area contributed by atoms with Crippen molar-refractivity contribution in [1.82, 2.24) is 0 Å². The summed E-state index contributed by atoms with van der Waals surface area (Å²) in [7, 11) is 0. The average Bonchev–Trinajstić information content (AvgIpc) is 2.30. The Morgan fingerprint density at radius 2 is 1.67 bits per heavy atom. The number of ketones is 1. The third kappa shape index (κ3) is 2.99. The SMILES string of the molecule is O=C(c1cc(Br)cc(Br)c1)c1cc(F)ccc1Cl. The molecular weight excluding hydrogens is 386 g/mol. The maximum Gasteiger partial charge on any atom is 0.194 e. The van der Waals surface area contributed by atoms with E-state index in [1.807, 2.05) is 6.07 Å². The highest BCUT2D eigenvalue weighted by molar-refractivity contribution is 9.11. The number of benzene rings is 2. The monoisotopic (exact) mass is 390 g/mol. The van der Waals surface area contributed by atoms with Crippen molar-refractivity contribution in [3.05, 3.63) is 67.3 Å². The fraction of sp³-hybridized carbons (Fsp3) is 0. The zero-order valence-corrected chi connectivity index (χ0v) is 12.8. The third-order valence-corrected chi connectivity index (χ3v) is 3.54. The minimum Gasteiger partial charge on any atom is -0.289 e. The van der Waals surface area contributed by atoms with Gasteiger partial charge in [0.1, 0.15) is 5.82 Å². The molecule has 0 aromatic heterocycles. The molecule has 0 unspecified atom stereocenters. The summed E-state index contributed by atoms with van der Waals surface area (Å²) in [6, 6.07) is 8.86. The van der Waals surface area contributed by atoms with Crippen LogP contribution < -0.4 is 0 Å². The van der Waals surface area contributed by atoms with Crippen LogP contribution in [-0.4, -0.2) is 5.78 Å². The van der Waals surface area contributed by atoms with Gasteiger partial charge >= 0.3 is 0 Å². The van der Waals surface area contributed by atoms with E-state index in [1.54, 1.807) is 12.1 Å². The zero-order chi connectivity index (χ0) is 13.3. The number of rotatable bonds is 2. The molecule has 0 amide bonds. The number of carbonyl (C=O) groups is 1. The predicted octanol–water partition coefficient (Wildman–Crippen LogP) is 5.24. The summed E-state index contributed by atoms with van der Waals surface area (Å²) >= 11 is 12.5. The number of halogens is 4. The maximum absolute atomic E-state index is 13.2. The van der Waals surface area contributed by atoms with Crippen molar-refractivity contribution in [2.75, 3.05) is 0 Å².